The number of amides is 2. The Morgan fingerprint density at radius 3 is 2.62 bits per heavy atom. The molecule has 0 aromatic heterocycles. The van der Waals surface area contributed by atoms with E-state index in [2.05, 4.69) is 10.6 Å². The summed E-state index contributed by atoms with van der Waals surface area (Å²) in [6.45, 7) is 2.44. The molecule has 6 heteroatoms. The summed E-state index contributed by atoms with van der Waals surface area (Å²) < 4.78 is 10.8. The third-order valence-electron chi connectivity index (χ3n) is 3.53. The van der Waals surface area contributed by atoms with Crippen molar-refractivity contribution in [2.75, 3.05) is 26.1 Å². The maximum absolute atomic E-state index is 12.1. The second-order valence-corrected chi connectivity index (χ2v) is 5.33. The number of hydrogen-bond donors (Lipinski definition) is 2. The summed E-state index contributed by atoms with van der Waals surface area (Å²) >= 11 is 0. The minimum atomic E-state index is -0.299. The molecule has 2 rings (SSSR count). The number of benzene rings is 2. The molecule has 136 valence electrons. The summed E-state index contributed by atoms with van der Waals surface area (Å²) in [5, 5.41) is 5.28. The average molecular weight is 354 g/mol. The van der Waals surface area contributed by atoms with Crippen molar-refractivity contribution in [2.45, 2.75) is 6.92 Å². The predicted molar refractivity (Wildman–Crippen MR) is 102 cm³/mol. The topological polar surface area (TPSA) is 76.7 Å². The first-order valence-electron chi connectivity index (χ1n) is 8.19. The summed E-state index contributed by atoms with van der Waals surface area (Å²) in [5.74, 6) is 0.750. The van der Waals surface area contributed by atoms with Crippen molar-refractivity contribution in [3.05, 3.63) is 59.7 Å². The number of ether oxygens (including phenoxy) is 2. The van der Waals surface area contributed by atoms with Crippen molar-refractivity contribution >= 4 is 23.6 Å². The molecule has 2 aromatic carbocycles. The molecule has 0 saturated carbocycles. The van der Waals surface area contributed by atoms with Gasteiger partial charge in [0.2, 0.25) is 5.91 Å². The molecule has 2 amide bonds. The van der Waals surface area contributed by atoms with Gasteiger partial charge in [0.1, 0.15) is 0 Å². The molecule has 0 atom stereocenters. The molecule has 0 aliphatic heterocycles. The Morgan fingerprint density at radius 1 is 1.12 bits per heavy atom. The number of rotatable bonds is 7. The molecule has 0 bridgehead atoms. The van der Waals surface area contributed by atoms with Gasteiger partial charge in [0.05, 0.1) is 13.7 Å². The Bertz CT molecular complexity index is 815. The van der Waals surface area contributed by atoms with Crippen LogP contribution >= 0.6 is 0 Å². The summed E-state index contributed by atoms with van der Waals surface area (Å²) in [6.07, 6.45) is 3.10. The average Bonchev–Trinajstić information content (AvgIpc) is 2.67. The fourth-order valence-electron chi connectivity index (χ4n) is 2.30. The monoisotopic (exact) mass is 354 g/mol. The smallest absolute Gasteiger partial charge is 0.251 e. The van der Waals surface area contributed by atoms with Gasteiger partial charge in [0.25, 0.3) is 5.91 Å². The maximum atomic E-state index is 12.1. The van der Waals surface area contributed by atoms with Gasteiger partial charge in [-0.3, -0.25) is 9.59 Å². The molecule has 0 saturated heterocycles. The second-order valence-electron chi connectivity index (χ2n) is 5.33. The van der Waals surface area contributed by atoms with E-state index in [9.17, 15) is 9.59 Å². The van der Waals surface area contributed by atoms with Crippen molar-refractivity contribution in [2.24, 2.45) is 0 Å². The largest absolute Gasteiger partial charge is 0.493 e. The first kappa shape index (κ1) is 19.1. The molecule has 0 heterocycles. The Kier molecular flexibility index (Phi) is 6.79. The zero-order chi connectivity index (χ0) is 18.9. The van der Waals surface area contributed by atoms with Gasteiger partial charge >= 0.3 is 0 Å². The van der Waals surface area contributed by atoms with Crippen LogP contribution in [-0.4, -0.2) is 32.6 Å². The first-order chi connectivity index (χ1) is 12.6. The van der Waals surface area contributed by atoms with E-state index in [4.69, 9.17) is 9.47 Å². The summed E-state index contributed by atoms with van der Waals surface area (Å²) in [4.78, 5) is 23.7. The number of nitrogens with one attached hydrogen (secondary N) is 2. The summed E-state index contributed by atoms with van der Waals surface area (Å²) in [7, 11) is 3.12. The van der Waals surface area contributed by atoms with Crippen LogP contribution in [0.15, 0.2) is 48.5 Å². The summed E-state index contributed by atoms with van der Waals surface area (Å²) in [5.41, 5.74) is 1.83. The van der Waals surface area contributed by atoms with Crippen LogP contribution in [0.5, 0.6) is 11.5 Å². The molecule has 0 radical (unpaired) electrons. The van der Waals surface area contributed by atoms with Gasteiger partial charge in [0.15, 0.2) is 11.5 Å². The lowest BCUT2D eigenvalue weighted by Crippen LogP contribution is -2.18. The highest BCUT2D eigenvalue weighted by Crippen LogP contribution is 2.28. The highest BCUT2D eigenvalue weighted by molar-refractivity contribution is 6.03. The Hall–Kier alpha value is -3.28. The Morgan fingerprint density at radius 2 is 1.92 bits per heavy atom. The molecule has 6 nitrogen and oxygen atoms in total. The molecule has 2 N–H and O–H groups in total. The lowest BCUT2D eigenvalue weighted by Gasteiger charge is -2.09. The predicted octanol–water partition coefficient (Wildman–Crippen LogP) is 3.11. The normalized spacial score (nSPS) is 10.4. The number of anilines is 1. The zero-order valence-electron chi connectivity index (χ0n) is 15.0. The number of carbonyl (C=O) groups is 2. The van der Waals surface area contributed by atoms with Crippen LogP contribution in [0.25, 0.3) is 6.08 Å². The molecular formula is C20H22N2O4. The molecule has 26 heavy (non-hydrogen) atoms. The van der Waals surface area contributed by atoms with Crippen LogP contribution in [0.2, 0.25) is 0 Å². The van der Waals surface area contributed by atoms with Crippen molar-refractivity contribution in [3.63, 3.8) is 0 Å². The van der Waals surface area contributed by atoms with Crippen molar-refractivity contribution in [1.82, 2.24) is 5.32 Å². The van der Waals surface area contributed by atoms with Gasteiger partial charge in [-0.25, -0.2) is 0 Å². The van der Waals surface area contributed by atoms with Crippen LogP contribution in [0.4, 0.5) is 5.69 Å². The molecule has 2 aromatic rings. The zero-order valence-corrected chi connectivity index (χ0v) is 15.0. The minimum Gasteiger partial charge on any atom is -0.493 e. The SMILES string of the molecule is CCOc1ccc(C=CC(=O)Nc2cccc(C(=O)NC)c2)cc1OC. The quantitative estimate of drug-likeness (QED) is 0.749. The van der Waals surface area contributed by atoms with Crippen LogP contribution in [-0.2, 0) is 4.79 Å². The molecule has 0 spiro atoms. The number of methoxy groups -OCH3 is 1. The van der Waals surface area contributed by atoms with Crippen molar-refractivity contribution in [1.29, 1.82) is 0 Å². The second kappa shape index (κ2) is 9.27. The summed E-state index contributed by atoms with van der Waals surface area (Å²) in [6, 6.07) is 12.2. The van der Waals surface area contributed by atoms with Gasteiger partial charge in [0, 0.05) is 24.4 Å². The van der Waals surface area contributed by atoms with E-state index in [-0.39, 0.29) is 11.8 Å². The standard InChI is InChI=1S/C20H22N2O4/c1-4-26-17-10-8-14(12-18(17)25-3)9-11-19(23)22-16-7-5-6-15(13-16)20(24)21-2/h5-13H,4H2,1-3H3,(H,21,24)(H,22,23). The van der Waals surface area contributed by atoms with Gasteiger partial charge < -0.3 is 20.1 Å². The van der Waals surface area contributed by atoms with Gasteiger partial charge in [-0.1, -0.05) is 12.1 Å². The molecule has 0 unspecified atom stereocenters. The van der Waals surface area contributed by atoms with E-state index in [1.54, 1.807) is 56.6 Å². The van der Waals surface area contributed by atoms with Gasteiger partial charge in [-0.2, -0.15) is 0 Å². The van der Waals surface area contributed by atoms with E-state index < -0.39 is 0 Å². The highest BCUT2D eigenvalue weighted by atomic mass is 16.5. The minimum absolute atomic E-state index is 0.210. The molecule has 0 aliphatic carbocycles. The first-order valence-corrected chi connectivity index (χ1v) is 8.19. The molecule has 0 aliphatic rings. The Labute approximate surface area is 152 Å². The number of hydrogen-bond acceptors (Lipinski definition) is 4. The van der Waals surface area contributed by atoms with Gasteiger partial charge in [-0.15, -0.1) is 0 Å². The third-order valence-corrected chi connectivity index (χ3v) is 3.53. The van der Waals surface area contributed by atoms with E-state index in [0.29, 0.717) is 29.4 Å². The molecule has 0 fully saturated rings. The van der Waals surface area contributed by atoms with E-state index in [1.165, 1.54) is 6.08 Å². The lowest BCUT2D eigenvalue weighted by atomic mass is 10.1. The maximum Gasteiger partial charge on any atom is 0.251 e. The van der Waals surface area contributed by atoms with Crippen molar-refractivity contribution < 1.29 is 19.1 Å². The van der Waals surface area contributed by atoms with Crippen LogP contribution in [0.1, 0.15) is 22.8 Å². The lowest BCUT2D eigenvalue weighted by molar-refractivity contribution is -0.111. The van der Waals surface area contributed by atoms with Crippen molar-refractivity contribution in [3.8, 4) is 11.5 Å². The highest BCUT2D eigenvalue weighted by Gasteiger charge is 2.06. The Balaban J connectivity index is 2.07. The third kappa shape index (κ3) is 5.11. The van der Waals surface area contributed by atoms with Gasteiger partial charge in [-0.05, 0) is 48.9 Å². The van der Waals surface area contributed by atoms with E-state index in [0.717, 1.165) is 5.56 Å². The molecular weight excluding hydrogens is 332 g/mol. The van der Waals surface area contributed by atoms with Crippen LogP contribution < -0.4 is 20.1 Å². The van der Waals surface area contributed by atoms with Crippen LogP contribution in [0.3, 0.4) is 0 Å². The fourth-order valence-corrected chi connectivity index (χ4v) is 2.30. The fraction of sp³-hybridized carbons (Fsp3) is 0.200. The van der Waals surface area contributed by atoms with E-state index >= 15 is 0 Å². The van der Waals surface area contributed by atoms with E-state index in [1.807, 2.05) is 13.0 Å². The number of carbonyl (C=O) groups excluding carboxylic acids is 2. The van der Waals surface area contributed by atoms with Crippen LogP contribution in [0, 0.1) is 0 Å².